The SMILES string of the molecule is Cc1ccc(C(=O)Nc2cc(C(F)(F)F)cc(N(C)CCN(C)C)c2C)cc1-n1cc(-c2cnn(C)c2C)nn1.Cc1ccc(C(=O)Nc2cc(C(F)(F)F)cc(N3CCN(C)CC3)c2C)cc1-n1cc(-c2cnn(C)c2C)nn1.Cc1ccc(C(=O)Nc2cc(C(F)(F)F)cc(NCCN(C)C)c2C)cc1-n1cc(-c2cnn(C)c2C)nn1. The van der Waals surface area contributed by atoms with E-state index in [9.17, 15) is 53.9 Å². The number of piperazine rings is 1. The van der Waals surface area contributed by atoms with Gasteiger partial charge in [0.05, 0.1) is 70.9 Å². The number of aryl methyl sites for hydroxylation is 6. The molecule has 0 saturated carbocycles. The van der Waals surface area contributed by atoms with Crippen LogP contribution < -0.4 is 31.1 Å². The van der Waals surface area contributed by atoms with Gasteiger partial charge in [0.15, 0.2) is 0 Å². The number of benzene rings is 6. The molecular weight excluding hydrogens is 1550 g/mol. The highest BCUT2D eigenvalue weighted by Crippen LogP contribution is 2.41. The molecule has 1 aliphatic rings. The van der Waals surface area contributed by atoms with Gasteiger partial charge in [0.2, 0.25) is 0 Å². The number of hydrogen-bond donors (Lipinski definition) is 4. The maximum Gasteiger partial charge on any atom is 0.416 e. The van der Waals surface area contributed by atoms with Gasteiger partial charge in [0.1, 0.15) is 17.1 Å². The topological polar surface area (TPSA) is 261 Å². The molecule has 3 amide bonds. The number of alkyl halides is 9. The van der Waals surface area contributed by atoms with E-state index in [2.05, 4.69) is 72.4 Å². The molecule has 13 rings (SSSR count). The fraction of sp³-hybridized carbons (Fsp3) is 0.349. The van der Waals surface area contributed by atoms with E-state index < -0.39 is 52.9 Å². The second-order valence-corrected chi connectivity index (χ2v) is 30.1. The number of hydrogen-bond acceptors (Lipinski definition) is 18. The van der Waals surface area contributed by atoms with E-state index in [1.54, 1.807) is 153 Å². The van der Waals surface area contributed by atoms with E-state index in [0.29, 0.717) is 107 Å². The Balaban J connectivity index is 0.000000175. The number of amides is 3. The Kier molecular flexibility index (Phi) is 26.2. The van der Waals surface area contributed by atoms with Crippen molar-refractivity contribution >= 4 is 51.8 Å². The Morgan fingerprint density at radius 1 is 0.403 bits per heavy atom. The van der Waals surface area contributed by atoms with Gasteiger partial charge in [0.25, 0.3) is 17.7 Å². The molecule has 0 spiro atoms. The van der Waals surface area contributed by atoms with E-state index >= 15 is 0 Å². The second kappa shape index (κ2) is 35.7. The van der Waals surface area contributed by atoms with E-state index in [0.717, 1.165) is 93.9 Å². The molecule has 0 aliphatic carbocycles. The summed E-state index contributed by atoms with van der Waals surface area (Å²) < 4.78 is 134. The van der Waals surface area contributed by atoms with Gasteiger partial charge in [-0.1, -0.05) is 33.8 Å². The lowest BCUT2D eigenvalue weighted by Gasteiger charge is -2.35. The summed E-state index contributed by atoms with van der Waals surface area (Å²) in [7, 11) is 16.8. The zero-order valence-electron chi connectivity index (χ0n) is 69.4. The van der Waals surface area contributed by atoms with E-state index in [-0.39, 0.29) is 33.8 Å². The minimum Gasteiger partial charge on any atom is -0.383 e. The quantitative estimate of drug-likeness (QED) is 0.0487. The summed E-state index contributed by atoms with van der Waals surface area (Å²) in [5.74, 6) is -1.59. The molecule has 0 bridgehead atoms. The molecule has 27 nitrogen and oxygen atoms in total. The van der Waals surface area contributed by atoms with Crippen LogP contribution >= 0.6 is 0 Å². The highest BCUT2D eigenvalue weighted by molar-refractivity contribution is 6.07. The Morgan fingerprint density at radius 3 is 1.10 bits per heavy atom. The minimum atomic E-state index is -4.57. The molecule has 12 aromatic rings. The Morgan fingerprint density at radius 2 is 0.748 bits per heavy atom. The number of nitrogens with zero attached hydrogens (tertiary/aromatic N) is 20. The third-order valence-corrected chi connectivity index (χ3v) is 21.1. The summed E-state index contributed by atoms with van der Waals surface area (Å²) in [6, 6.07) is 21.4. The normalized spacial score (nSPS) is 12.7. The monoisotopic (exact) mass is 1650 g/mol. The minimum absolute atomic E-state index is 0.0828. The third-order valence-electron chi connectivity index (χ3n) is 21.1. The molecule has 7 heterocycles. The number of likely N-dealkylation sites (N-methyl/N-ethyl adjacent to an activating group) is 4. The van der Waals surface area contributed by atoms with Gasteiger partial charge in [0, 0.05) is 165 Å². The summed E-state index contributed by atoms with van der Waals surface area (Å²) in [4.78, 5) is 49.6. The molecule has 119 heavy (non-hydrogen) atoms. The zero-order valence-corrected chi connectivity index (χ0v) is 69.4. The summed E-state index contributed by atoms with van der Waals surface area (Å²) in [5, 5.41) is 49.4. The van der Waals surface area contributed by atoms with Crippen LogP contribution in [0.1, 0.15) is 98.2 Å². The van der Waals surface area contributed by atoms with Crippen molar-refractivity contribution in [2.45, 2.75) is 80.8 Å². The fourth-order valence-corrected chi connectivity index (χ4v) is 13.2. The largest absolute Gasteiger partial charge is 0.416 e. The van der Waals surface area contributed by atoms with Gasteiger partial charge in [-0.3, -0.25) is 28.4 Å². The van der Waals surface area contributed by atoms with Crippen molar-refractivity contribution in [3.05, 3.63) is 212 Å². The van der Waals surface area contributed by atoms with Crippen LogP contribution in [0.5, 0.6) is 0 Å². The molecule has 0 atom stereocenters. The van der Waals surface area contributed by atoms with Crippen molar-refractivity contribution < 1.29 is 53.9 Å². The molecule has 6 aromatic carbocycles. The van der Waals surface area contributed by atoms with Crippen LogP contribution in [0.4, 0.5) is 73.6 Å². The standard InChI is InChI=1S/C28H31F3N8O.C28H33F3N8O.C27H31F3N8O/c1-17-6-7-20(12-25(17)39-16-24(34-35-39)22-15-32-37(5)19(22)3)27(40)33-23-13-21(28(29,30)31)14-26(18(23)2)38-10-8-36(4)9-11-38;1-17-8-9-20(12-25(17)39-16-24(34-35-39)22-15-32-38(7)19(22)3)27(40)33-23-13-21(28(29,30)31)14-26(18(23)2)37(6)11-10-36(4)5;1-16-7-8-19(11-25(16)38-15-24(34-35-38)21-14-32-37(6)18(21)3)26(39)33-23-13-20(27(28,29)30)12-22(17(23)2)31-9-10-36(4)5/h6-7,12-16H,8-11H2,1-5H3,(H,33,40);8-9,12-16H,10-11H2,1-7H3,(H,33,40);7-8,11-15,31H,9-10H2,1-6H3,(H,33,39). The van der Waals surface area contributed by atoms with E-state index in [1.165, 1.54) is 6.07 Å². The van der Waals surface area contributed by atoms with Crippen molar-refractivity contribution in [1.29, 1.82) is 0 Å². The highest BCUT2D eigenvalue weighted by Gasteiger charge is 2.36. The van der Waals surface area contributed by atoms with E-state index in [1.807, 2.05) is 113 Å². The number of carbonyl (C=O) groups is 3. The molecular formula is C83H95F9N24O3. The number of rotatable bonds is 21. The van der Waals surface area contributed by atoms with Crippen molar-refractivity contribution in [2.24, 2.45) is 21.1 Å². The van der Waals surface area contributed by atoms with Crippen LogP contribution in [0.15, 0.2) is 128 Å². The molecule has 6 aromatic heterocycles. The molecule has 1 fully saturated rings. The van der Waals surface area contributed by atoms with Gasteiger partial charge in [-0.2, -0.15) is 54.8 Å². The predicted octanol–water partition coefficient (Wildman–Crippen LogP) is 14.3. The number of halogens is 9. The molecule has 1 saturated heterocycles. The Labute approximate surface area is 682 Å². The van der Waals surface area contributed by atoms with Crippen molar-refractivity contribution in [3.63, 3.8) is 0 Å². The van der Waals surface area contributed by atoms with Crippen LogP contribution in [0.2, 0.25) is 0 Å². The maximum atomic E-state index is 13.8. The lowest BCUT2D eigenvalue weighted by Crippen LogP contribution is -2.44. The molecule has 628 valence electrons. The number of aromatic nitrogens is 15. The molecule has 36 heteroatoms. The zero-order chi connectivity index (χ0) is 86.6. The summed E-state index contributed by atoms with van der Waals surface area (Å²) in [5.41, 5.74) is 13.1. The van der Waals surface area contributed by atoms with Crippen molar-refractivity contribution in [2.75, 3.05) is 126 Å². The molecule has 0 unspecified atom stereocenters. The van der Waals surface area contributed by atoms with Crippen LogP contribution in [0.25, 0.3) is 50.8 Å². The first-order chi connectivity index (χ1) is 56.0. The first-order valence-electron chi connectivity index (χ1n) is 37.9. The Hall–Kier alpha value is -12.6. The number of carbonyl (C=O) groups excluding carboxylic acids is 3. The van der Waals surface area contributed by atoms with Crippen molar-refractivity contribution in [1.82, 2.24) is 89.0 Å². The molecule has 1 aliphatic heterocycles. The van der Waals surface area contributed by atoms with Crippen LogP contribution in [-0.4, -0.2) is 201 Å². The van der Waals surface area contributed by atoms with Gasteiger partial charge >= 0.3 is 18.5 Å². The first kappa shape index (κ1) is 87.3. The van der Waals surface area contributed by atoms with Gasteiger partial charge < -0.3 is 45.8 Å². The fourth-order valence-electron chi connectivity index (χ4n) is 13.2. The number of nitrogens with one attached hydrogen (secondary N) is 4. The smallest absolute Gasteiger partial charge is 0.383 e. The predicted molar refractivity (Wildman–Crippen MR) is 440 cm³/mol. The average molecular weight is 1650 g/mol. The van der Waals surface area contributed by atoms with Crippen LogP contribution in [0.3, 0.4) is 0 Å². The summed E-state index contributed by atoms with van der Waals surface area (Å²) in [6.45, 7) is 21.5. The van der Waals surface area contributed by atoms with E-state index in [4.69, 9.17) is 0 Å². The molecule has 0 radical (unpaired) electrons. The number of anilines is 6. The summed E-state index contributed by atoms with van der Waals surface area (Å²) >= 11 is 0. The first-order valence-corrected chi connectivity index (χ1v) is 37.9. The van der Waals surface area contributed by atoms with Crippen molar-refractivity contribution in [3.8, 4) is 50.8 Å². The highest BCUT2D eigenvalue weighted by atomic mass is 19.4. The second-order valence-electron chi connectivity index (χ2n) is 30.1. The lowest BCUT2D eigenvalue weighted by molar-refractivity contribution is -0.138. The average Bonchev–Trinajstić information content (AvgIpc) is 1.32. The third kappa shape index (κ3) is 20.3. The summed E-state index contributed by atoms with van der Waals surface area (Å²) in [6.07, 6.45) is -3.30. The van der Waals surface area contributed by atoms with Gasteiger partial charge in [-0.05, 0) is 204 Å². The van der Waals surface area contributed by atoms with Gasteiger partial charge in [-0.25, -0.2) is 14.0 Å². The maximum absolute atomic E-state index is 13.8. The van der Waals surface area contributed by atoms with Gasteiger partial charge in [-0.15, -0.1) is 15.3 Å². The lowest BCUT2D eigenvalue weighted by atomic mass is 10.0. The Bertz CT molecular complexity index is 5700. The van der Waals surface area contributed by atoms with Crippen LogP contribution in [-0.2, 0) is 39.7 Å². The molecule has 4 N–H and O–H groups in total. The van der Waals surface area contributed by atoms with Crippen LogP contribution in [0, 0.1) is 62.3 Å².